The molecule has 2 heterocycles. The molecule has 0 bridgehead atoms. The summed E-state index contributed by atoms with van der Waals surface area (Å²) in [5.74, 6) is 0.416. The maximum absolute atomic E-state index is 13.0. The summed E-state index contributed by atoms with van der Waals surface area (Å²) in [6.07, 6.45) is 1.04. The van der Waals surface area contributed by atoms with Crippen molar-refractivity contribution in [3.63, 3.8) is 0 Å². The first kappa shape index (κ1) is 15.7. The monoisotopic (exact) mass is 348 g/mol. The van der Waals surface area contributed by atoms with E-state index in [1.54, 1.807) is 0 Å². The van der Waals surface area contributed by atoms with Crippen molar-refractivity contribution < 1.29 is 9.53 Å². The molecule has 25 heavy (non-hydrogen) atoms. The number of carbonyl (C=O) groups is 1. The highest BCUT2D eigenvalue weighted by molar-refractivity contribution is 7.08. The zero-order valence-corrected chi connectivity index (χ0v) is 14.3. The second-order valence-electron chi connectivity index (χ2n) is 6.26. The van der Waals surface area contributed by atoms with Crippen LogP contribution in [0.1, 0.15) is 35.8 Å². The molecular weight excluding hydrogens is 332 g/mol. The summed E-state index contributed by atoms with van der Waals surface area (Å²) in [5.41, 5.74) is 8.97. The quantitative estimate of drug-likeness (QED) is 0.891. The van der Waals surface area contributed by atoms with Gasteiger partial charge in [0.2, 0.25) is 5.88 Å². The number of nitrogens with two attached hydrogens (primary N) is 1. The van der Waals surface area contributed by atoms with E-state index >= 15 is 0 Å². The Kier molecular flexibility index (Phi) is 3.90. The molecule has 2 aliphatic rings. The van der Waals surface area contributed by atoms with Crippen LogP contribution in [0.4, 0.5) is 0 Å². The first-order valence-corrected chi connectivity index (χ1v) is 9.04. The average molecular weight is 348 g/mol. The smallest absolute Gasteiger partial charge is 0.205 e. The molecule has 1 aromatic heterocycles. The van der Waals surface area contributed by atoms with Gasteiger partial charge in [-0.15, -0.1) is 0 Å². The third kappa shape index (κ3) is 2.65. The zero-order chi connectivity index (χ0) is 17.4. The van der Waals surface area contributed by atoms with Gasteiger partial charge in [0.05, 0.1) is 5.92 Å². The molecule has 0 radical (unpaired) electrons. The highest BCUT2D eigenvalue weighted by Gasteiger charge is 2.40. The van der Waals surface area contributed by atoms with E-state index < -0.39 is 5.92 Å². The summed E-state index contributed by atoms with van der Waals surface area (Å²) in [6, 6.07) is 14.0. The van der Waals surface area contributed by atoms with Crippen LogP contribution in [0.5, 0.6) is 0 Å². The van der Waals surface area contributed by atoms with Gasteiger partial charge in [-0.25, -0.2) is 0 Å². The van der Waals surface area contributed by atoms with Crippen LogP contribution in [0, 0.1) is 11.3 Å². The summed E-state index contributed by atoms with van der Waals surface area (Å²) in [7, 11) is 0. The van der Waals surface area contributed by atoms with E-state index in [4.69, 9.17) is 10.5 Å². The molecule has 2 atom stereocenters. The van der Waals surface area contributed by atoms with Crippen LogP contribution in [0.2, 0.25) is 0 Å². The molecule has 0 amide bonds. The fourth-order valence-corrected chi connectivity index (χ4v) is 4.33. The molecular formula is C20H16N2O2S. The molecule has 2 aromatic rings. The van der Waals surface area contributed by atoms with Crippen molar-refractivity contribution in [1.82, 2.24) is 0 Å². The maximum Gasteiger partial charge on any atom is 0.205 e. The minimum absolute atomic E-state index is 0.0338. The number of nitriles is 1. The molecule has 124 valence electrons. The van der Waals surface area contributed by atoms with Crippen LogP contribution in [-0.4, -0.2) is 5.78 Å². The molecule has 0 fully saturated rings. The van der Waals surface area contributed by atoms with Crippen molar-refractivity contribution in [3.05, 3.63) is 81.1 Å². The number of rotatable bonds is 2. The number of Topliss-reactive ketones (excluding diaryl/α,β-unsaturated/α-hetero) is 1. The van der Waals surface area contributed by atoms with Gasteiger partial charge in [0.15, 0.2) is 5.78 Å². The molecule has 1 aliphatic heterocycles. The fourth-order valence-electron chi connectivity index (χ4n) is 3.64. The number of benzene rings is 1. The zero-order valence-electron chi connectivity index (χ0n) is 13.4. The number of thiophene rings is 1. The largest absolute Gasteiger partial charge is 0.444 e. The third-order valence-electron chi connectivity index (χ3n) is 4.81. The Labute approximate surface area is 149 Å². The number of nitrogens with zero attached hydrogens (tertiary/aromatic N) is 1. The maximum atomic E-state index is 13.0. The molecule has 0 saturated heterocycles. The molecule has 2 N–H and O–H groups in total. The van der Waals surface area contributed by atoms with Gasteiger partial charge in [0.25, 0.3) is 0 Å². The van der Waals surface area contributed by atoms with Gasteiger partial charge >= 0.3 is 0 Å². The van der Waals surface area contributed by atoms with Gasteiger partial charge in [-0.1, -0.05) is 30.3 Å². The number of allylic oxidation sites excluding steroid dienone is 3. The van der Waals surface area contributed by atoms with Crippen LogP contribution in [0.15, 0.2) is 69.9 Å². The van der Waals surface area contributed by atoms with Gasteiger partial charge in [-0.2, -0.15) is 16.6 Å². The Hall–Kier alpha value is -2.84. The van der Waals surface area contributed by atoms with Gasteiger partial charge in [-0.05, 0) is 33.9 Å². The molecule has 4 rings (SSSR count). The normalized spacial score (nSPS) is 23.1. The van der Waals surface area contributed by atoms with Gasteiger partial charge in [0, 0.05) is 18.4 Å². The van der Waals surface area contributed by atoms with Crippen molar-refractivity contribution in [3.8, 4) is 6.07 Å². The lowest BCUT2D eigenvalue weighted by atomic mass is 9.74. The number of ketones is 1. The molecule has 0 saturated carbocycles. The number of hydrogen-bond acceptors (Lipinski definition) is 5. The highest BCUT2D eigenvalue weighted by atomic mass is 32.1. The lowest BCUT2D eigenvalue weighted by Gasteiger charge is -2.33. The van der Waals surface area contributed by atoms with Crippen LogP contribution in [0.3, 0.4) is 0 Å². The van der Waals surface area contributed by atoms with E-state index in [0.717, 1.165) is 11.1 Å². The van der Waals surface area contributed by atoms with E-state index in [-0.39, 0.29) is 17.6 Å². The Bertz CT molecular complexity index is 920. The number of ether oxygens (including phenoxy) is 1. The summed E-state index contributed by atoms with van der Waals surface area (Å²) in [6.45, 7) is 0. The SMILES string of the molecule is N#CC1=C(N)OC2=C(C(=O)C[C@H](c3ccccc3)C2)[C@H]1c1ccsc1. The fraction of sp³-hybridized carbons (Fsp3) is 0.200. The lowest BCUT2D eigenvalue weighted by Crippen LogP contribution is -2.29. The van der Waals surface area contributed by atoms with Gasteiger partial charge in [0.1, 0.15) is 17.4 Å². The Morgan fingerprint density at radius 1 is 1.16 bits per heavy atom. The van der Waals surface area contributed by atoms with Gasteiger partial charge < -0.3 is 10.5 Å². The average Bonchev–Trinajstić information content (AvgIpc) is 3.15. The summed E-state index contributed by atoms with van der Waals surface area (Å²) < 4.78 is 5.74. The Morgan fingerprint density at radius 3 is 2.64 bits per heavy atom. The first-order valence-electron chi connectivity index (χ1n) is 8.10. The van der Waals surface area contributed by atoms with E-state index in [9.17, 15) is 10.1 Å². The number of carbonyl (C=O) groups excluding carboxylic acids is 1. The second kappa shape index (κ2) is 6.23. The van der Waals surface area contributed by atoms with Crippen molar-refractivity contribution >= 4 is 17.1 Å². The van der Waals surface area contributed by atoms with Crippen molar-refractivity contribution in [2.24, 2.45) is 5.73 Å². The van der Waals surface area contributed by atoms with Crippen molar-refractivity contribution in [1.29, 1.82) is 5.26 Å². The predicted octanol–water partition coefficient (Wildman–Crippen LogP) is 3.96. The summed E-state index contributed by atoms with van der Waals surface area (Å²) in [5, 5.41) is 13.4. The van der Waals surface area contributed by atoms with E-state index in [1.165, 1.54) is 11.3 Å². The standard InChI is InChI=1S/C20H16N2O2S/c21-10-15-18(13-6-7-25-11-13)19-16(23)8-14(9-17(19)24-20(15)22)12-4-2-1-3-5-12/h1-7,11,14,18H,8-9,22H2/t14-,18-/m0/s1. The van der Waals surface area contributed by atoms with E-state index in [0.29, 0.717) is 29.7 Å². The molecule has 5 heteroatoms. The van der Waals surface area contributed by atoms with Crippen LogP contribution >= 0.6 is 11.3 Å². The van der Waals surface area contributed by atoms with Gasteiger partial charge in [-0.3, -0.25) is 4.79 Å². The number of hydrogen-bond donors (Lipinski definition) is 1. The van der Waals surface area contributed by atoms with E-state index in [1.807, 2.05) is 47.2 Å². The molecule has 1 aliphatic carbocycles. The van der Waals surface area contributed by atoms with Crippen LogP contribution in [0.25, 0.3) is 0 Å². The molecule has 0 unspecified atom stereocenters. The third-order valence-corrected chi connectivity index (χ3v) is 5.51. The Balaban J connectivity index is 1.78. The van der Waals surface area contributed by atoms with Crippen LogP contribution in [-0.2, 0) is 9.53 Å². The summed E-state index contributed by atoms with van der Waals surface area (Å²) >= 11 is 1.54. The summed E-state index contributed by atoms with van der Waals surface area (Å²) in [4.78, 5) is 13.0. The predicted molar refractivity (Wildman–Crippen MR) is 95.4 cm³/mol. The molecule has 0 spiro atoms. The van der Waals surface area contributed by atoms with E-state index in [2.05, 4.69) is 6.07 Å². The van der Waals surface area contributed by atoms with Crippen LogP contribution < -0.4 is 5.73 Å². The molecule has 1 aromatic carbocycles. The Morgan fingerprint density at radius 2 is 1.96 bits per heavy atom. The second-order valence-corrected chi connectivity index (χ2v) is 7.04. The first-order chi connectivity index (χ1) is 12.2. The lowest BCUT2D eigenvalue weighted by molar-refractivity contribution is -0.117. The van der Waals surface area contributed by atoms with Crippen molar-refractivity contribution in [2.75, 3.05) is 0 Å². The van der Waals surface area contributed by atoms with Crippen molar-refractivity contribution in [2.45, 2.75) is 24.7 Å². The topological polar surface area (TPSA) is 76.1 Å². The highest BCUT2D eigenvalue weighted by Crippen LogP contribution is 2.46. The minimum atomic E-state index is -0.413. The minimum Gasteiger partial charge on any atom is -0.444 e. The molecule has 4 nitrogen and oxygen atoms in total.